The number of hydrogen-bond acceptors (Lipinski definition) is 2. The molecule has 2 amide bonds. The van der Waals surface area contributed by atoms with E-state index in [0.29, 0.717) is 30.1 Å². The molecule has 0 aliphatic carbocycles. The molecule has 1 aromatic rings. The zero-order chi connectivity index (χ0) is 15.6. The molecule has 1 fully saturated rings. The highest BCUT2D eigenvalue weighted by molar-refractivity contribution is 6.32. The van der Waals surface area contributed by atoms with Gasteiger partial charge in [0.2, 0.25) is 0 Å². The van der Waals surface area contributed by atoms with Gasteiger partial charge in [0.1, 0.15) is 0 Å². The van der Waals surface area contributed by atoms with Gasteiger partial charge in [-0.2, -0.15) is 0 Å². The Kier molecular flexibility index (Phi) is 4.73. The summed E-state index contributed by atoms with van der Waals surface area (Å²) < 4.78 is 0. The molecule has 21 heavy (non-hydrogen) atoms. The lowest BCUT2D eigenvalue weighted by atomic mass is 9.99. The quantitative estimate of drug-likeness (QED) is 0.880. The van der Waals surface area contributed by atoms with Gasteiger partial charge in [0.25, 0.3) is 0 Å². The minimum Gasteiger partial charge on any atom is -0.481 e. The van der Waals surface area contributed by atoms with Gasteiger partial charge in [-0.3, -0.25) is 4.79 Å². The molecule has 0 saturated carbocycles. The second-order valence-electron chi connectivity index (χ2n) is 5.48. The second kappa shape index (κ2) is 6.35. The van der Waals surface area contributed by atoms with Crippen molar-refractivity contribution in [2.75, 3.05) is 18.4 Å². The number of carbonyl (C=O) groups excluding carboxylic acids is 1. The number of urea groups is 1. The SMILES string of the molecule is Cc1cc(NC(=O)N2CCCC(C(=O)O)C2)cc(C)c1Cl. The minimum absolute atomic E-state index is 0.257. The van der Waals surface area contributed by atoms with Crippen molar-refractivity contribution in [2.45, 2.75) is 26.7 Å². The third-order valence-corrected chi connectivity index (χ3v) is 4.34. The fraction of sp³-hybridized carbons (Fsp3) is 0.467. The Hall–Kier alpha value is -1.75. The number of anilines is 1. The standard InChI is InChI=1S/C15H19ClN2O3/c1-9-6-12(7-10(2)13(9)16)17-15(21)18-5-3-4-11(8-18)14(19)20/h6-7,11H,3-5,8H2,1-2H3,(H,17,21)(H,19,20). The van der Waals surface area contributed by atoms with Crippen molar-refractivity contribution in [3.63, 3.8) is 0 Å². The lowest BCUT2D eigenvalue weighted by Gasteiger charge is -2.30. The van der Waals surface area contributed by atoms with Gasteiger partial charge in [-0.05, 0) is 49.9 Å². The highest BCUT2D eigenvalue weighted by Crippen LogP contribution is 2.25. The summed E-state index contributed by atoms with van der Waals surface area (Å²) in [5.74, 6) is -1.32. The number of aryl methyl sites for hydroxylation is 2. The van der Waals surface area contributed by atoms with Crippen LogP contribution in [-0.2, 0) is 4.79 Å². The van der Waals surface area contributed by atoms with Crippen LogP contribution in [0.15, 0.2) is 12.1 Å². The average molecular weight is 311 g/mol. The van der Waals surface area contributed by atoms with Crippen LogP contribution >= 0.6 is 11.6 Å². The Morgan fingerprint density at radius 2 is 1.95 bits per heavy atom. The summed E-state index contributed by atoms with van der Waals surface area (Å²) in [7, 11) is 0. The minimum atomic E-state index is -0.842. The summed E-state index contributed by atoms with van der Waals surface area (Å²) >= 11 is 6.10. The lowest BCUT2D eigenvalue weighted by molar-refractivity contribution is -0.143. The van der Waals surface area contributed by atoms with E-state index in [9.17, 15) is 9.59 Å². The number of rotatable bonds is 2. The number of piperidine rings is 1. The van der Waals surface area contributed by atoms with Gasteiger partial charge in [0.05, 0.1) is 5.92 Å². The first kappa shape index (κ1) is 15.6. The molecule has 0 bridgehead atoms. The Balaban J connectivity index is 2.06. The van der Waals surface area contributed by atoms with Gasteiger partial charge in [-0.1, -0.05) is 11.6 Å². The van der Waals surface area contributed by atoms with Crippen molar-refractivity contribution in [3.8, 4) is 0 Å². The van der Waals surface area contributed by atoms with Crippen LogP contribution in [0.2, 0.25) is 5.02 Å². The Bertz CT molecular complexity index is 551. The number of likely N-dealkylation sites (tertiary alicyclic amines) is 1. The van der Waals surface area contributed by atoms with E-state index in [1.807, 2.05) is 26.0 Å². The van der Waals surface area contributed by atoms with Crippen molar-refractivity contribution in [1.29, 1.82) is 0 Å². The number of carbonyl (C=O) groups is 2. The van der Waals surface area contributed by atoms with Gasteiger partial charge < -0.3 is 15.3 Å². The highest BCUT2D eigenvalue weighted by Gasteiger charge is 2.28. The van der Waals surface area contributed by atoms with Crippen molar-refractivity contribution in [2.24, 2.45) is 5.92 Å². The number of benzene rings is 1. The molecule has 1 aliphatic rings. The largest absolute Gasteiger partial charge is 0.481 e. The molecule has 2 rings (SSSR count). The molecule has 0 spiro atoms. The first-order valence-corrected chi connectivity index (χ1v) is 7.31. The third kappa shape index (κ3) is 3.67. The molecule has 1 heterocycles. The predicted octanol–water partition coefficient (Wildman–Crippen LogP) is 3.29. The maximum Gasteiger partial charge on any atom is 0.321 e. The van der Waals surface area contributed by atoms with Crippen LogP contribution < -0.4 is 5.32 Å². The molecule has 1 saturated heterocycles. The zero-order valence-corrected chi connectivity index (χ0v) is 12.9. The predicted molar refractivity (Wildman–Crippen MR) is 81.9 cm³/mol. The number of carboxylic acid groups (broad SMARTS) is 1. The summed E-state index contributed by atoms with van der Waals surface area (Å²) in [5.41, 5.74) is 2.47. The molecule has 1 atom stereocenters. The third-order valence-electron chi connectivity index (χ3n) is 3.75. The molecule has 0 radical (unpaired) electrons. The van der Waals surface area contributed by atoms with Crippen LogP contribution in [-0.4, -0.2) is 35.1 Å². The molecule has 1 aromatic carbocycles. The monoisotopic (exact) mass is 310 g/mol. The molecular weight excluding hydrogens is 292 g/mol. The molecular formula is C15H19ClN2O3. The first-order chi connectivity index (χ1) is 9.88. The van der Waals surface area contributed by atoms with Crippen LogP contribution in [0.4, 0.5) is 10.5 Å². The maximum absolute atomic E-state index is 12.2. The Labute approximate surface area is 128 Å². The number of halogens is 1. The number of aliphatic carboxylic acids is 1. The van der Waals surface area contributed by atoms with Crippen LogP contribution in [0, 0.1) is 19.8 Å². The molecule has 1 aliphatic heterocycles. The van der Waals surface area contributed by atoms with E-state index in [2.05, 4.69) is 5.32 Å². The molecule has 0 aromatic heterocycles. The summed E-state index contributed by atoms with van der Waals surface area (Å²) in [4.78, 5) is 24.8. The average Bonchev–Trinajstić information content (AvgIpc) is 2.44. The summed E-state index contributed by atoms with van der Waals surface area (Å²) in [6, 6.07) is 3.36. The van der Waals surface area contributed by atoms with Crippen molar-refractivity contribution >= 4 is 29.3 Å². The Morgan fingerprint density at radius 3 is 2.52 bits per heavy atom. The normalized spacial score (nSPS) is 18.4. The van der Waals surface area contributed by atoms with E-state index in [1.54, 1.807) is 4.90 Å². The van der Waals surface area contributed by atoms with Crippen LogP contribution in [0.5, 0.6) is 0 Å². The number of hydrogen-bond donors (Lipinski definition) is 2. The van der Waals surface area contributed by atoms with E-state index in [0.717, 1.165) is 11.1 Å². The van der Waals surface area contributed by atoms with Crippen LogP contribution in [0.1, 0.15) is 24.0 Å². The van der Waals surface area contributed by atoms with E-state index >= 15 is 0 Å². The number of carboxylic acids is 1. The molecule has 1 unspecified atom stereocenters. The van der Waals surface area contributed by atoms with Crippen molar-refractivity contribution in [3.05, 3.63) is 28.3 Å². The smallest absolute Gasteiger partial charge is 0.321 e. The van der Waals surface area contributed by atoms with E-state index in [4.69, 9.17) is 16.7 Å². The van der Waals surface area contributed by atoms with Gasteiger partial charge >= 0.3 is 12.0 Å². The fourth-order valence-corrected chi connectivity index (χ4v) is 2.69. The first-order valence-electron chi connectivity index (χ1n) is 6.94. The van der Waals surface area contributed by atoms with E-state index in [1.165, 1.54) is 0 Å². The summed E-state index contributed by atoms with van der Waals surface area (Å²) in [6.07, 6.45) is 1.33. The van der Waals surface area contributed by atoms with Crippen molar-refractivity contribution in [1.82, 2.24) is 4.90 Å². The topological polar surface area (TPSA) is 69.6 Å². The summed E-state index contributed by atoms with van der Waals surface area (Å²) in [5, 5.41) is 12.6. The zero-order valence-electron chi connectivity index (χ0n) is 12.1. The highest BCUT2D eigenvalue weighted by atomic mass is 35.5. The Morgan fingerprint density at radius 1 is 1.33 bits per heavy atom. The maximum atomic E-state index is 12.2. The second-order valence-corrected chi connectivity index (χ2v) is 5.86. The van der Waals surface area contributed by atoms with Crippen LogP contribution in [0.25, 0.3) is 0 Å². The van der Waals surface area contributed by atoms with Gasteiger partial charge in [0, 0.05) is 23.8 Å². The van der Waals surface area contributed by atoms with Crippen molar-refractivity contribution < 1.29 is 14.7 Å². The number of nitrogens with one attached hydrogen (secondary N) is 1. The van der Waals surface area contributed by atoms with Crippen LogP contribution in [0.3, 0.4) is 0 Å². The van der Waals surface area contributed by atoms with Gasteiger partial charge in [-0.25, -0.2) is 4.79 Å². The van der Waals surface area contributed by atoms with E-state index in [-0.39, 0.29) is 12.6 Å². The lowest BCUT2D eigenvalue weighted by Crippen LogP contribution is -2.44. The molecule has 2 N–H and O–H groups in total. The number of nitrogens with zero attached hydrogens (tertiary/aromatic N) is 1. The molecule has 5 nitrogen and oxygen atoms in total. The summed E-state index contributed by atoms with van der Waals surface area (Å²) in [6.45, 7) is 4.60. The van der Waals surface area contributed by atoms with E-state index < -0.39 is 11.9 Å². The van der Waals surface area contributed by atoms with Gasteiger partial charge in [0.15, 0.2) is 0 Å². The molecule has 6 heteroatoms. The van der Waals surface area contributed by atoms with Gasteiger partial charge in [-0.15, -0.1) is 0 Å². The number of amides is 2. The molecule has 114 valence electrons. The fourth-order valence-electron chi connectivity index (χ4n) is 2.58.